The topological polar surface area (TPSA) is 49.4 Å². The number of halogens is 1. The Morgan fingerprint density at radius 1 is 1.45 bits per heavy atom. The molecule has 112 valence electrons. The molecule has 0 saturated carbocycles. The van der Waals surface area contributed by atoms with Crippen LogP contribution in [0.1, 0.15) is 32.3 Å². The van der Waals surface area contributed by atoms with Gasteiger partial charge in [0, 0.05) is 23.6 Å². The van der Waals surface area contributed by atoms with Crippen molar-refractivity contribution in [2.24, 2.45) is 0 Å². The second-order valence-corrected chi connectivity index (χ2v) is 7.87. The summed E-state index contributed by atoms with van der Waals surface area (Å²) in [4.78, 5) is 0.377. The van der Waals surface area contributed by atoms with E-state index in [0.717, 1.165) is 24.9 Å². The van der Waals surface area contributed by atoms with Crippen LogP contribution in [0.4, 0.5) is 0 Å². The van der Waals surface area contributed by atoms with Gasteiger partial charge in [-0.2, -0.15) is 4.31 Å². The molecule has 1 aliphatic rings. The van der Waals surface area contributed by atoms with Gasteiger partial charge in [0.25, 0.3) is 0 Å². The molecule has 4 nitrogen and oxygen atoms in total. The summed E-state index contributed by atoms with van der Waals surface area (Å²) in [6, 6.07) is 5.62. The van der Waals surface area contributed by atoms with Crippen molar-refractivity contribution in [3.05, 3.63) is 28.2 Å². The van der Waals surface area contributed by atoms with E-state index in [4.69, 9.17) is 0 Å². The third-order valence-electron chi connectivity index (χ3n) is 3.65. The molecule has 1 unspecified atom stereocenters. The molecule has 1 N–H and O–H groups in total. The molecule has 6 heteroatoms. The predicted molar refractivity (Wildman–Crippen MR) is 84.1 cm³/mol. The van der Waals surface area contributed by atoms with Crippen molar-refractivity contribution >= 4 is 26.0 Å². The molecule has 20 heavy (non-hydrogen) atoms. The molecule has 1 heterocycles. The zero-order valence-electron chi connectivity index (χ0n) is 11.9. The van der Waals surface area contributed by atoms with Crippen LogP contribution in [0.25, 0.3) is 0 Å². The molecule has 1 aliphatic heterocycles. The lowest BCUT2D eigenvalue weighted by molar-refractivity contribution is 0.408. The van der Waals surface area contributed by atoms with Crippen LogP contribution >= 0.6 is 15.9 Å². The molecule has 1 atom stereocenters. The fraction of sp³-hybridized carbons (Fsp3) is 0.571. The molecule has 0 amide bonds. The Morgan fingerprint density at radius 3 is 2.80 bits per heavy atom. The smallest absolute Gasteiger partial charge is 0.244 e. The van der Waals surface area contributed by atoms with E-state index in [9.17, 15) is 8.42 Å². The maximum atomic E-state index is 12.8. The highest BCUT2D eigenvalue weighted by atomic mass is 79.9. The largest absolute Gasteiger partial charge is 0.313 e. The molecule has 0 aromatic heterocycles. The molecule has 1 saturated heterocycles. The van der Waals surface area contributed by atoms with Crippen molar-refractivity contribution in [1.82, 2.24) is 9.62 Å². The monoisotopic (exact) mass is 360 g/mol. The Labute approximate surface area is 129 Å². The van der Waals surface area contributed by atoms with Crippen molar-refractivity contribution in [3.8, 4) is 0 Å². The molecule has 0 aliphatic carbocycles. The highest BCUT2D eigenvalue weighted by Crippen LogP contribution is 2.30. The van der Waals surface area contributed by atoms with Crippen molar-refractivity contribution in [2.45, 2.75) is 44.2 Å². The van der Waals surface area contributed by atoms with E-state index in [0.29, 0.717) is 22.5 Å². The van der Waals surface area contributed by atoms with Gasteiger partial charge in [0.1, 0.15) is 0 Å². The minimum atomic E-state index is -3.41. The van der Waals surface area contributed by atoms with E-state index in [1.165, 1.54) is 0 Å². The zero-order valence-corrected chi connectivity index (χ0v) is 14.3. The second kappa shape index (κ2) is 6.56. The molecule has 1 fully saturated rings. The average Bonchev–Trinajstić information content (AvgIpc) is 2.84. The second-order valence-electron chi connectivity index (χ2n) is 5.15. The van der Waals surface area contributed by atoms with Gasteiger partial charge in [-0.15, -0.1) is 0 Å². The summed E-state index contributed by atoms with van der Waals surface area (Å²) in [6.45, 7) is 6.17. The number of nitrogens with zero attached hydrogens (tertiary/aromatic N) is 1. The van der Waals surface area contributed by atoms with E-state index in [-0.39, 0.29) is 6.04 Å². The summed E-state index contributed by atoms with van der Waals surface area (Å²) in [5.41, 5.74) is 0.987. The fourth-order valence-electron chi connectivity index (χ4n) is 2.52. The molecular formula is C14H21BrN2O2S. The van der Waals surface area contributed by atoms with E-state index >= 15 is 0 Å². The Morgan fingerprint density at radius 2 is 2.20 bits per heavy atom. The van der Waals surface area contributed by atoms with Crippen molar-refractivity contribution in [2.75, 3.05) is 13.1 Å². The fourth-order valence-corrected chi connectivity index (χ4v) is 5.19. The van der Waals surface area contributed by atoms with Gasteiger partial charge in [-0.3, -0.25) is 0 Å². The van der Waals surface area contributed by atoms with Crippen LogP contribution in [0.5, 0.6) is 0 Å². The van der Waals surface area contributed by atoms with E-state index in [2.05, 4.69) is 21.2 Å². The predicted octanol–water partition coefficient (Wildman–Crippen LogP) is 2.73. The van der Waals surface area contributed by atoms with Crippen molar-refractivity contribution in [3.63, 3.8) is 0 Å². The van der Waals surface area contributed by atoms with Gasteiger partial charge >= 0.3 is 0 Å². The zero-order chi connectivity index (χ0) is 14.8. The van der Waals surface area contributed by atoms with Gasteiger partial charge in [0.2, 0.25) is 10.0 Å². The number of sulfonamides is 1. The first kappa shape index (κ1) is 15.9. The standard InChI is InChI=1S/C14H21BrN2O2S/c1-3-16-10-12-6-7-13(15)14(9-12)20(18,19)17-8-4-5-11(17)2/h6-7,9,11,16H,3-5,8,10H2,1-2H3. The highest BCUT2D eigenvalue weighted by Gasteiger charge is 2.33. The Hall–Kier alpha value is -0.430. The first-order valence-electron chi connectivity index (χ1n) is 6.97. The van der Waals surface area contributed by atoms with Crippen molar-refractivity contribution in [1.29, 1.82) is 0 Å². The SMILES string of the molecule is CCNCc1ccc(Br)c(S(=O)(=O)N2CCCC2C)c1. The van der Waals surface area contributed by atoms with Crippen LogP contribution in [-0.2, 0) is 16.6 Å². The average molecular weight is 361 g/mol. The van der Waals surface area contributed by atoms with Crippen LogP contribution in [0.15, 0.2) is 27.6 Å². The van der Waals surface area contributed by atoms with Crippen molar-refractivity contribution < 1.29 is 8.42 Å². The van der Waals surface area contributed by atoms with Crippen LogP contribution in [0.2, 0.25) is 0 Å². The number of hydrogen-bond acceptors (Lipinski definition) is 3. The number of hydrogen-bond donors (Lipinski definition) is 1. The minimum Gasteiger partial charge on any atom is -0.313 e. The highest BCUT2D eigenvalue weighted by molar-refractivity contribution is 9.10. The normalized spacial score (nSPS) is 20.4. The van der Waals surface area contributed by atoms with Gasteiger partial charge in [-0.25, -0.2) is 8.42 Å². The van der Waals surface area contributed by atoms with Gasteiger partial charge in [0.15, 0.2) is 0 Å². The van der Waals surface area contributed by atoms with Gasteiger partial charge in [-0.05, 0) is 59.9 Å². The summed E-state index contributed by atoms with van der Waals surface area (Å²) >= 11 is 3.38. The van der Waals surface area contributed by atoms with Gasteiger partial charge in [0.05, 0.1) is 4.90 Å². The van der Waals surface area contributed by atoms with Crippen LogP contribution < -0.4 is 5.32 Å². The molecule has 0 radical (unpaired) electrons. The van der Waals surface area contributed by atoms with E-state index < -0.39 is 10.0 Å². The summed E-state index contributed by atoms with van der Waals surface area (Å²) in [5, 5.41) is 3.22. The van der Waals surface area contributed by atoms with E-state index in [1.807, 2.05) is 26.0 Å². The van der Waals surface area contributed by atoms with Gasteiger partial charge in [-0.1, -0.05) is 13.0 Å². The molecular weight excluding hydrogens is 340 g/mol. The lowest BCUT2D eigenvalue weighted by atomic mass is 10.2. The molecule has 1 aromatic rings. The first-order valence-corrected chi connectivity index (χ1v) is 9.21. The quantitative estimate of drug-likeness (QED) is 0.877. The molecule has 2 rings (SSSR count). The van der Waals surface area contributed by atoms with Gasteiger partial charge < -0.3 is 5.32 Å². The summed E-state index contributed by atoms with van der Waals surface area (Å²) in [6.07, 6.45) is 1.88. The van der Waals surface area contributed by atoms with Crippen LogP contribution in [-0.4, -0.2) is 31.9 Å². The Kier molecular flexibility index (Phi) is 5.23. The lowest BCUT2D eigenvalue weighted by Gasteiger charge is -2.22. The lowest BCUT2D eigenvalue weighted by Crippen LogP contribution is -2.34. The summed E-state index contributed by atoms with van der Waals surface area (Å²) in [5.74, 6) is 0. The summed E-state index contributed by atoms with van der Waals surface area (Å²) < 4.78 is 27.8. The summed E-state index contributed by atoms with van der Waals surface area (Å²) in [7, 11) is -3.41. The molecule has 0 bridgehead atoms. The first-order chi connectivity index (χ1) is 9.46. The Balaban J connectivity index is 2.35. The number of rotatable bonds is 5. The minimum absolute atomic E-state index is 0.0873. The maximum Gasteiger partial charge on any atom is 0.244 e. The maximum absolute atomic E-state index is 12.8. The number of benzene rings is 1. The third kappa shape index (κ3) is 3.24. The Bertz CT molecular complexity index is 575. The molecule has 1 aromatic carbocycles. The molecule has 0 spiro atoms. The third-order valence-corrected chi connectivity index (χ3v) is 6.66. The van der Waals surface area contributed by atoms with Crippen LogP contribution in [0, 0.1) is 0 Å². The van der Waals surface area contributed by atoms with E-state index in [1.54, 1.807) is 10.4 Å². The number of nitrogens with one attached hydrogen (secondary N) is 1. The van der Waals surface area contributed by atoms with Crippen LogP contribution in [0.3, 0.4) is 0 Å².